The van der Waals surface area contributed by atoms with Gasteiger partial charge in [-0.15, -0.1) is 0 Å². The van der Waals surface area contributed by atoms with Gasteiger partial charge in [-0.2, -0.15) is 17.0 Å². The van der Waals surface area contributed by atoms with Crippen LogP contribution in [0.3, 0.4) is 0 Å². The van der Waals surface area contributed by atoms with Gasteiger partial charge in [0.1, 0.15) is 0 Å². The van der Waals surface area contributed by atoms with Crippen molar-refractivity contribution in [2.24, 2.45) is 0 Å². The maximum Gasteiger partial charge on any atom is 0.282 e. The lowest BCUT2D eigenvalue weighted by Gasteiger charge is -2.35. The maximum atomic E-state index is 12.5. The topological polar surface area (TPSA) is 90.0 Å². The van der Waals surface area contributed by atoms with E-state index < -0.39 is 10.2 Å². The molecule has 150 valence electrons. The average Bonchev–Trinajstić information content (AvgIpc) is 2.63. The van der Waals surface area contributed by atoms with Crippen molar-refractivity contribution < 1.29 is 18.0 Å². The molecule has 0 saturated carbocycles. The zero-order valence-electron chi connectivity index (χ0n) is 16.1. The number of piperazine rings is 1. The Hall–Kier alpha value is -1.81. The van der Waals surface area contributed by atoms with Crippen molar-refractivity contribution in [3.63, 3.8) is 0 Å². The number of carbonyl (C=O) groups is 2. The first kappa shape index (κ1) is 21.5. The Balaban J connectivity index is 1.87. The zero-order valence-corrected chi connectivity index (χ0v) is 17.0. The second kappa shape index (κ2) is 9.41. The van der Waals surface area contributed by atoms with Gasteiger partial charge in [0.25, 0.3) is 10.2 Å². The van der Waals surface area contributed by atoms with Crippen LogP contribution in [0, 0.1) is 0 Å². The Morgan fingerprint density at radius 1 is 1.11 bits per heavy atom. The number of hydrogen-bond acceptors (Lipinski definition) is 5. The van der Waals surface area contributed by atoms with Crippen LogP contribution in [-0.4, -0.2) is 79.4 Å². The minimum absolute atomic E-state index is 0.0587. The highest BCUT2D eigenvalue weighted by Crippen LogP contribution is 2.13. The van der Waals surface area contributed by atoms with E-state index >= 15 is 0 Å². The summed E-state index contributed by atoms with van der Waals surface area (Å²) in [5.74, 6) is -0.243. The predicted molar refractivity (Wildman–Crippen MR) is 105 cm³/mol. The van der Waals surface area contributed by atoms with E-state index in [0.717, 1.165) is 0 Å². The molecule has 0 bridgehead atoms. The van der Waals surface area contributed by atoms with Gasteiger partial charge in [0.05, 0.1) is 6.54 Å². The molecule has 1 aromatic rings. The molecule has 1 saturated heterocycles. The standard InChI is InChI=1S/C18H28N4O4S/c1-4-21(5-2)27(25,26)22-11-9-20(10-12-22)14-18(24)19-17-8-6-7-16(13-17)15(3)23/h6-8,13H,4-5,9-12,14H2,1-3H3,(H,19,24). The predicted octanol–water partition coefficient (Wildman–Crippen LogP) is 1.03. The van der Waals surface area contributed by atoms with E-state index in [1.807, 2.05) is 18.7 Å². The third-order valence-electron chi connectivity index (χ3n) is 4.61. The molecule has 0 aliphatic carbocycles. The summed E-state index contributed by atoms with van der Waals surface area (Å²) in [6.45, 7) is 7.93. The Bertz CT molecular complexity index is 769. The van der Waals surface area contributed by atoms with Crippen molar-refractivity contribution in [2.45, 2.75) is 20.8 Å². The monoisotopic (exact) mass is 396 g/mol. The van der Waals surface area contributed by atoms with Crippen molar-refractivity contribution in [3.8, 4) is 0 Å². The average molecular weight is 397 g/mol. The lowest BCUT2D eigenvalue weighted by atomic mass is 10.1. The Labute approximate surface area is 161 Å². The summed E-state index contributed by atoms with van der Waals surface area (Å²) in [7, 11) is -3.43. The summed E-state index contributed by atoms with van der Waals surface area (Å²) in [4.78, 5) is 25.6. The van der Waals surface area contributed by atoms with Crippen LogP contribution in [0.25, 0.3) is 0 Å². The third kappa shape index (κ3) is 5.58. The van der Waals surface area contributed by atoms with Crippen molar-refractivity contribution in [1.82, 2.24) is 13.5 Å². The molecule has 1 N–H and O–H groups in total. The quantitative estimate of drug-likeness (QED) is 0.663. The number of nitrogens with zero attached hydrogens (tertiary/aromatic N) is 3. The Morgan fingerprint density at radius 2 is 1.74 bits per heavy atom. The first-order valence-electron chi connectivity index (χ1n) is 9.16. The molecule has 1 aliphatic rings. The molecule has 27 heavy (non-hydrogen) atoms. The maximum absolute atomic E-state index is 12.5. The molecule has 1 aromatic carbocycles. The fourth-order valence-corrected chi connectivity index (χ4v) is 4.66. The van der Waals surface area contributed by atoms with Crippen molar-refractivity contribution in [2.75, 3.05) is 51.1 Å². The van der Waals surface area contributed by atoms with Crippen molar-refractivity contribution in [1.29, 1.82) is 0 Å². The van der Waals surface area contributed by atoms with Gasteiger partial charge in [0, 0.05) is 50.5 Å². The van der Waals surface area contributed by atoms with Crippen molar-refractivity contribution in [3.05, 3.63) is 29.8 Å². The van der Waals surface area contributed by atoms with Crippen LogP contribution < -0.4 is 5.32 Å². The van der Waals surface area contributed by atoms with Gasteiger partial charge < -0.3 is 5.32 Å². The fourth-order valence-electron chi connectivity index (χ4n) is 3.05. The number of benzene rings is 1. The molecule has 0 spiro atoms. The van der Waals surface area contributed by atoms with Gasteiger partial charge in [-0.3, -0.25) is 14.5 Å². The molecule has 8 nitrogen and oxygen atoms in total. The number of ketones is 1. The minimum atomic E-state index is -3.43. The summed E-state index contributed by atoms with van der Waals surface area (Å²) in [5, 5.41) is 2.79. The van der Waals surface area contributed by atoms with E-state index in [0.29, 0.717) is 50.5 Å². The molecule has 0 atom stereocenters. The van der Waals surface area contributed by atoms with Crippen LogP contribution >= 0.6 is 0 Å². The molecule has 1 amide bonds. The fraction of sp³-hybridized carbons (Fsp3) is 0.556. The lowest BCUT2D eigenvalue weighted by Crippen LogP contribution is -2.54. The number of anilines is 1. The molecule has 0 radical (unpaired) electrons. The van der Waals surface area contributed by atoms with Gasteiger partial charge >= 0.3 is 0 Å². The summed E-state index contributed by atoms with van der Waals surface area (Å²) in [5.41, 5.74) is 1.12. The number of amides is 1. The molecule has 9 heteroatoms. The van der Waals surface area contributed by atoms with Crippen LogP contribution in [0.1, 0.15) is 31.1 Å². The van der Waals surface area contributed by atoms with Gasteiger partial charge in [0.2, 0.25) is 5.91 Å². The Morgan fingerprint density at radius 3 is 2.30 bits per heavy atom. The van der Waals surface area contributed by atoms with E-state index in [9.17, 15) is 18.0 Å². The summed E-state index contributed by atoms with van der Waals surface area (Å²) in [6, 6.07) is 6.81. The highest BCUT2D eigenvalue weighted by molar-refractivity contribution is 7.86. The zero-order chi connectivity index (χ0) is 20.0. The smallest absolute Gasteiger partial charge is 0.282 e. The van der Waals surface area contributed by atoms with E-state index in [1.54, 1.807) is 24.3 Å². The highest BCUT2D eigenvalue weighted by Gasteiger charge is 2.31. The number of nitrogens with one attached hydrogen (secondary N) is 1. The number of Topliss-reactive ketones (excluding diaryl/α,β-unsaturated/α-hetero) is 1. The number of carbonyl (C=O) groups excluding carboxylic acids is 2. The Kier molecular flexibility index (Phi) is 7.49. The molecule has 1 aliphatic heterocycles. The van der Waals surface area contributed by atoms with E-state index in [2.05, 4.69) is 5.32 Å². The van der Waals surface area contributed by atoms with E-state index in [-0.39, 0.29) is 18.2 Å². The van der Waals surface area contributed by atoms with E-state index in [4.69, 9.17) is 0 Å². The molecule has 2 rings (SSSR count). The normalized spacial score (nSPS) is 16.4. The van der Waals surface area contributed by atoms with Crippen molar-refractivity contribution >= 4 is 27.6 Å². The second-order valence-electron chi connectivity index (χ2n) is 6.45. The van der Waals surface area contributed by atoms with Gasteiger partial charge in [0.15, 0.2) is 5.78 Å². The van der Waals surface area contributed by atoms with Crippen LogP contribution in [0.15, 0.2) is 24.3 Å². The van der Waals surface area contributed by atoms with Gasteiger partial charge in [-0.05, 0) is 19.1 Å². The minimum Gasteiger partial charge on any atom is -0.325 e. The van der Waals surface area contributed by atoms with E-state index in [1.165, 1.54) is 15.5 Å². The molecule has 1 fully saturated rings. The lowest BCUT2D eigenvalue weighted by molar-refractivity contribution is -0.117. The molecule has 0 aromatic heterocycles. The molecular weight excluding hydrogens is 368 g/mol. The molecular formula is C18H28N4O4S. The van der Waals surface area contributed by atoms with Gasteiger partial charge in [-0.1, -0.05) is 26.0 Å². The largest absolute Gasteiger partial charge is 0.325 e. The SMILES string of the molecule is CCN(CC)S(=O)(=O)N1CCN(CC(=O)Nc2cccc(C(C)=O)c2)CC1. The van der Waals surface area contributed by atoms with Crippen LogP contribution in [0.4, 0.5) is 5.69 Å². The summed E-state index contributed by atoms with van der Waals surface area (Å²) < 4.78 is 28.0. The first-order chi connectivity index (χ1) is 12.8. The molecule has 1 heterocycles. The third-order valence-corrected chi connectivity index (χ3v) is 6.80. The summed E-state index contributed by atoms with van der Waals surface area (Å²) in [6.07, 6.45) is 0. The number of rotatable bonds is 8. The molecule has 0 unspecified atom stereocenters. The van der Waals surface area contributed by atoms with Gasteiger partial charge in [-0.25, -0.2) is 0 Å². The second-order valence-corrected chi connectivity index (χ2v) is 8.38. The van der Waals surface area contributed by atoms with Crippen LogP contribution in [0.2, 0.25) is 0 Å². The number of hydrogen-bond donors (Lipinski definition) is 1. The first-order valence-corrected chi connectivity index (χ1v) is 10.6. The van der Waals surface area contributed by atoms with Crippen LogP contribution in [-0.2, 0) is 15.0 Å². The summed E-state index contributed by atoms with van der Waals surface area (Å²) >= 11 is 0. The van der Waals surface area contributed by atoms with Crippen LogP contribution in [0.5, 0.6) is 0 Å². The highest BCUT2D eigenvalue weighted by atomic mass is 32.2.